The summed E-state index contributed by atoms with van der Waals surface area (Å²) in [6.45, 7) is 1.87. The Morgan fingerprint density at radius 1 is 1.19 bits per heavy atom. The summed E-state index contributed by atoms with van der Waals surface area (Å²) in [6, 6.07) is 12.5. The van der Waals surface area contributed by atoms with Gasteiger partial charge in [0.05, 0.1) is 17.6 Å². The molecule has 0 fully saturated rings. The van der Waals surface area contributed by atoms with Crippen LogP contribution in [0.1, 0.15) is 22.8 Å². The largest absolute Gasteiger partial charge is 0.322 e. The molecule has 1 amide bonds. The number of nitrogens with zero attached hydrogens (tertiary/aromatic N) is 3. The van der Waals surface area contributed by atoms with E-state index in [1.165, 1.54) is 10.6 Å². The number of rotatable bonds is 4. The number of hydrogen-bond donors (Lipinski definition) is 1. The Labute approximate surface area is 184 Å². The first-order valence-corrected chi connectivity index (χ1v) is 12.5. The second-order valence-corrected chi connectivity index (χ2v) is 10.4. The molecule has 2 aromatic heterocycles. The third kappa shape index (κ3) is 3.60. The van der Waals surface area contributed by atoms with Gasteiger partial charge in [-0.25, -0.2) is 13.4 Å². The van der Waals surface area contributed by atoms with E-state index in [0.29, 0.717) is 23.4 Å². The summed E-state index contributed by atoms with van der Waals surface area (Å²) < 4.78 is 27.5. The molecule has 0 spiro atoms. The minimum absolute atomic E-state index is 0.158. The summed E-state index contributed by atoms with van der Waals surface area (Å²) in [5, 5.41) is 4.90. The van der Waals surface area contributed by atoms with Gasteiger partial charge in [-0.2, -0.15) is 0 Å². The van der Waals surface area contributed by atoms with E-state index in [0.717, 1.165) is 21.8 Å². The number of carbonyl (C=O) groups excluding carboxylic acids is 1. The lowest BCUT2D eigenvalue weighted by Crippen LogP contribution is -2.34. The van der Waals surface area contributed by atoms with Crippen molar-refractivity contribution in [2.75, 3.05) is 15.9 Å². The maximum atomic E-state index is 12.8. The first-order chi connectivity index (χ1) is 14.8. The fourth-order valence-corrected chi connectivity index (χ4v) is 6.01. The van der Waals surface area contributed by atoms with E-state index in [9.17, 15) is 13.2 Å². The monoisotopic (exact) mass is 452 g/mol. The summed E-state index contributed by atoms with van der Waals surface area (Å²) in [5.41, 5.74) is 4.55. The molecule has 31 heavy (non-hydrogen) atoms. The molecule has 3 heterocycles. The standard InChI is InChI=1S/C22H20N4O3S2/c1-14-11-17-12-16(5-8-20(17)26(14)31(2,28)29)21(27)23-18-6-3-15(4-7-18)19-13-25-9-10-30-22(25)24-19/h3-10,12-14H,11H2,1-2H3,(H,23,27)/t14-/m0/s1. The van der Waals surface area contributed by atoms with Gasteiger partial charge in [0.25, 0.3) is 5.91 Å². The molecular weight excluding hydrogens is 432 g/mol. The number of nitrogens with one attached hydrogen (secondary N) is 1. The molecule has 0 saturated heterocycles. The van der Waals surface area contributed by atoms with Crippen LogP contribution in [0, 0.1) is 0 Å². The number of amides is 1. The Kier molecular flexibility index (Phi) is 4.60. The van der Waals surface area contributed by atoms with Crippen LogP contribution in [0.15, 0.2) is 60.2 Å². The van der Waals surface area contributed by atoms with Crippen molar-refractivity contribution in [1.82, 2.24) is 9.38 Å². The highest BCUT2D eigenvalue weighted by atomic mass is 32.2. The average Bonchev–Trinajstić information content (AvgIpc) is 3.39. The van der Waals surface area contributed by atoms with Gasteiger partial charge in [-0.15, -0.1) is 11.3 Å². The van der Waals surface area contributed by atoms with Crippen LogP contribution in [-0.4, -0.2) is 36.0 Å². The van der Waals surface area contributed by atoms with Crippen molar-refractivity contribution in [1.29, 1.82) is 0 Å². The summed E-state index contributed by atoms with van der Waals surface area (Å²) in [5.74, 6) is -0.233. The average molecular weight is 453 g/mol. The quantitative estimate of drug-likeness (QED) is 0.507. The second kappa shape index (κ2) is 7.21. The van der Waals surface area contributed by atoms with Gasteiger partial charge in [-0.05, 0) is 49.2 Å². The van der Waals surface area contributed by atoms with Crippen molar-refractivity contribution in [3.05, 3.63) is 71.4 Å². The smallest absolute Gasteiger partial charge is 0.255 e. The molecule has 0 radical (unpaired) electrons. The first kappa shape index (κ1) is 19.8. The van der Waals surface area contributed by atoms with Gasteiger partial charge >= 0.3 is 0 Å². The number of thiazole rings is 1. The van der Waals surface area contributed by atoms with E-state index in [-0.39, 0.29) is 11.9 Å². The zero-order chi connectivity index (χ0) is 21.8. The molecule has 1 aliphatic rings. The number of benzene rings is 2. The molecule has 158 valence electrons. The maximum Gasteiger partial charge on any atom is 0.255 e. The van der Waals surface area contributed by atoms with Gasteiger partial charge in [0.15, 0.2) is 4.96 Å². The van der Waals surface area contributed by atoms with Crippen LogP contribution >= 0.6 is 11.3 Å². The van der Waals surface area contributed by atoms with Crippen molar-refractivity contribution >= 4 is 43.6 Å². The van der Waals surface area contributed by atoms with Gasteiger partial charge in [0.1, 0.15) is 0 Å². The SMILES string of the molecule is C[C@H]1Cc2cc(C(=O)Nc3ccc(-c4cn5ccsc5n4)cc3)ccc2N1S(C)(=O)=O. The number of hydrogen-bond acceptors (Lipinski definition) is 5. The van der Waals surface area contributed by atoms with Crippen LogP contribution in [-0.2, 0) is 16.4 Å². The van der Waals surface area contributed by atoms with Crippen molar-refractivity contribution in [3.63, 3.8) is 0 Å². The minimum atomic E-state index is -3.35. The zero-order valence-electron chi connectivity index (χ0n) is 16.9. The van der Waals surface area contributed by atoms with Crippen LogP contribution in [0.2, 0.25) is 0 Å². The highest BCUT2D eigenvalue weighted by Gasteiger charge is 2.32. The van der Waals surface area contributed by atoms with Crippen LogP contribution < -0.4 is 9.62 Å². The van der Waals surface area contributed by atoms with Gasteiger partial charge < -0.3 is 5.32 Å². The Morgan fingerprint density at radius 3 is 2.68 bits per heavy atom. The Hall–Kier alpha value is -3.17. The number of anilines is 2. The molecule has 5 rings (SSSR count). The van der Waals surface area contributed by atoms with Crippen molar-refractivity contribution in [3.8, 4) is 11.3 Å². The molecule has 7 nitrogen and oxygen atoms in total. The molecule has 1 atom stereocenters. The molecule has 0 unspecified atom stereocenters. The van der Waals surface area contributed by atoms with E-state index in [1.807, 2.05) is 53.4 Å². The van der Waals surface area contributed by atoms with Crippen LogP contribution in [0.25, 0.3) is 16.2 Å². The highest BCUT2D eigenvalue weighted by Crippen LogP contribution is 2.35. The van der Waals surface area contributed by atoms with Gasteiger partial charge in [-0.3, -0.25) is 13.5 Å². The van der Waals surface area contributed by atoms with Crippen LogP contribution in [0.3, 0.4) is 0 Å². The summed E-state index contributed by atoms with van der Waals surface area (Å²) >= 11 is 1.58. The molecule has 0 bridgehead atoms. The summed E-state index contributed by atoms with van der Waals surface area (Å²) in [6.07, 6.45) is 5.73. The van der Waals surface area contributed by atoms with Gasteiger partial charge in [0, 0.05) is 40.6 Å². The lowest BCUT2D eigenvalue weighted by atomic mass is 10.1. The molecule has 1 N–H and O–H groups in total. The number of sulfonamides is 1. The summed E-state index contributed by atoms with van der Waals surface area (Å²) in [7, 11) is -3.35. The fourth-order valence-electron chi connectivity index (χ4n) is 4.04. The highest BCUT2D eigenvalue weighted by molar-refractivity contribution is 7.92. The Balaban J connectivity index is 1.34. The number of carbonyl (C=O) groups is 1. The minimum Gasteiger partial charge on any atom is -0.322 e. The number of fused-ring (bicyclic) bond motifs is 2. The lowest BCUT2D eigenvalue weighted by molar-refractivity contribution is 0.102. The topological polar surface area (TPSA) is 83.8 Å². The molecule has 1 aliphatic heterocycles. The molecule has 9 heteroatoms. The molecule has 0 aliphatic carbocycles. The fraction of sp³-hybridized carbons (Fsp3) is 0.182. The van der Waals surface area contributed by atoms with Crippen LogP contribution in [0.4, 0.5) is 11.4 Å². The Bertz CT molecular complexity index is 1380. The van der Waals surface area contributed by atoms with Crippen LogP contribution in [0.5, 0.6) is 0 Å². The van der Waals surface area contributed by atoms with E-state index in [1.54, 1.807) is 29.5 Å². The maximum absolute atomic E-state index is 12.8. The van der Waals surface area contributed by atoms with Gasteiger partial charge in [0.2, 0.25) is 10.0 Å². The normalized spacial score (nSPS) is 15.9. The summed E-state index contributed by atoms with van der Waals surface area (Å²) in [4.78, 5) is 18.3. The van der Waals surface area contributed by atoms with E-state index >= 15 is 0 Å². The van der Waals surface area contributed by atoms with E-state index < -0.39 is 10.0 Å². The Morgan fingerprint density at radius 2 is 1.97 bits per heavy atom. The van der Waals surface area contributed by atoms with Crippen molar-refractivity contribution < 1.29 is 13.2 Å². The van der Waals surface area contributed by atoms with E-state index in [2.05, 4.69) is 10.3 Å². The second-order valence-electron chi connectivity index (χ2n) is 7.71. The predicted octanol–water partition coefficient (Wildman–Crippen LogP) is 4.03. The first-order valence-electron chi connectivity index (χ1n) is 9.76. The van der Waals surface area contributed by atoms with Crippen molar-refractivity contribution in [2.45, 2.75) is 19.4 Å². The van der Waals surface area contributed by atoms with E-state index in [4.69, 9.17) is 0 Å². The third-order valence-electron chi connectivity index (χ3n) is 5.38. The predicted molar refractivity (Wildman–Crippen MR) is 123 cm³/mol. The molecular formula is C22H20N4O3S2. The number of imidazole rings is 1. The van der Waals surface area contributed by atoms with Crippen molar-refractivity contribution in [2.24, 2.45) is 0 Å². The molecule has 2 aromatic carbocycles. The molecule has 4 aromatic rings. The van der Waals surface area contributed by atoms with Gasteiger partial charge in [-0.1, -0.05) is 12.1 Å². The zero-order valence-corrected chi connectivity index (χ0v) is 18.6. The third-order valence-corrected chi connectivity index (χ3v) is 7.43. The molecule has 0 saturated carbocycles. The lowest BCUT2D eigenvalue weighted by Gasteiger charge is -2.21. The number of aromatic nitrogens is 2.